The number of nitro benzene ring substituents is 1. The molecule has 0 bridgehead atoms. The van der Waals surface area contributed by atoms with Crippen molar-refractivity contribution in [2.75, 3.05) is 7.05 Å². The summed E-state index contributed by atoms with van der Waals surface area (Å²) in [5, 5.41) is 10.7. The maximum Gasteiger partial charge on any atom is 0.269 e. The molecule has 1 aliphatic rings. The van der Waals surface area contributed by atoms with Crippen LogP contribution in [0.25, 0.3) is 0 Å². The van der Waals surface area contributed by atoms with E-state index in [0.29, 0.717) is 5.56 Å². The molecule has 104 valence electrons. The first-order valence-electron chi connectivity index (χ1n) is 6.09. The Morgan fingerprint density at radius 1 is 1.42 bits per heavy atom. The molecule has 0 amide bonds. The first-order valence-corrected chi connectivity index (χ1v) is 7.70. The third kappa shape index (κ3) is 3.10. The quantitative estimate of drug-likeness (QED) is 0.611. The number of benzene rings is 1. The number of hydrogen-bond donors (Lipinski definition) is 0. The van der Waals surface area contributed by atoms with E-state index < -0.39 is 14.9 Å². The van der Waals surface area contributed by atoms with Gasteiger partial charge in [0.2, 0.25) is 10.0 Å². The standard InChI is InChI=1S/C12H16N2O4S/c1-13(11-5-3-6-11)19(17,18)9-10-4-2-7-12(8-10)14(15)16/h2,4,7-8,11H,3,5-6,9H2,1H3. The fourth-order valence-electron chi connectivity index (χ4n) is 2.05. The Morgan fingerprint density at radius 2 is 2.11 bits per heavy atom. The van der Waals surface area contributed by atoms with Gasteiger partial charge in [0.15, 0.2) is 0 Å². The smallest absolute Gasteiger partial charge is 0.258 e. The molecule has 1 aliphatic carbocycles. The lowest BCUT2D eigenvalue weighted by atomic mass is 9.94. The minimum absolute atomic E-state index is 0.0843. The van der Waals surface area contributed by atoms with Crippen LogP contribution in [0.5, 0.6) is 0 Å². The summed E-state index contributed by atoms with van der Waals surface area (Å²) in [5.74, 6) is -0.193. The van der Waals surface area contributed by atoms with Crippen molar-refractivity contribution >= 4 is 15.7 Å². The van der Waals surface area contributed by atoms with E-state index in [1.165, 1.54) is 22.5 Å². The number of nitro groups is 1. The van der Waals surface area contributed by atoms with Gasteiger partial charge in [-0.25, -0.2) is 12.7 Å². The highest BCUT2D eigenvalue weighted by molar-refractivity contribution is 7.88. The second-order valence-electron chi connectivity index (χ2n) is 4.78. The zero-order valence-corrected chi connectivity index (χ0v) is 11.5. The van der Waals surface area contributed by atoms with Crippen molar-refractivity contribution in [3.05, 3.63) is 39.9 Å². The van der Waals surface area contributed by atoms with E-state index in [9.17, 15) is 18.5 Å². The summed E-state index contributed by atoms with van der Waals surface area (Å²) < 4.78 is 25.7. The van der Waals surface area contributed by atoms with Crippen LogP contribution in [0.1, 0.15) is 24.8 Å². The van der Waals surface area contributed by atoms with E-state index in [1.807, 2.05) is 0 Å². The second-order valence-corrected chi connectivity index (χ2v) is 6.81. The Labute approximate surface area is 112 Å². The molecule has 19 heavy (non-hydrogen) atoms. The van der Waals surface area contributed by atoms with E-state index in [0.717, 1.165) is 19.3 Å². The lowest BCUT2D eigenvalue weighted by Gasteiger charge is -2.33. The molecule has 0 aromatic heterocycles. The van der Waals surface area contributed by atoms with Crippen molar-refractivity contribution in [2.24, 2.45) is 0 Å². The summed E-state index contributed by atoms with van der Waals surface area (Å²) in [6.45, 7) is 0. The van der Waals surface area contributed by atoms with E-state index in [-0.39, 0.29) is 17.5 Å². The van der Waals surface area contributed by atoms with Crippen molar-refractivity contribution in [1.29, 1.82) is 0 Å². The fraction of sp³-hybridized carbons (Fsp3) is 0.500. The van der Waals surface area contributed by atoms with E-state index in [1.54, 1.807) is 13.1 Å². The molecule has 6 nitrogen and oxygen atoms in total. The lowest BCUT2D eigenvalue weighted by Crippen LogP contribution is -2.41. The average Bonchev–Trinajstić information content (AvgIpc) is 2.26. The number of non-ortho nitro benzene ring substituents is 1. The zero-order valence-electron chi connectivity index (χ0n) is 10.7. The Morgan fingerprint density at radius 3 is 2.63 bits per heavy atom. The summed E-state index contributed by atoms with van der Waals surface area (Å²) in [6.07, 6.45) is 2.84. The Hall–Kier alpha value is -1.47. The Bertz CT molecular complexity index is 581. The zero-order chi connectivity index (χ0) is 14.0. The molecule has 2 rings (SSSR count). The van der Waals surface area contributed by atoms with Crippen LogP contribution in [0, 0.1) is 10.1 Å². The molecule has 0 radical (unpaired) electrons. The topological polar surface area (TPSA) is 80.5 Å². The summed E-state index contributed by atoms with van der Waals surface area (Å²) >= 11 is 0. The molecule has 7 heteroatoms. The van der Waals surface area contributed by atoms with E-state index >= 15 is 0 Å². The van der Waals surface area contributed by atoms with Gasteiger partial charge in [0.25, 0.3) is 5.69 Å². The fourth-order valence-corrected chi connectivity index (χ4v) is 3.52. The van der Waals surface area contributed by atoms with Crippen LogP contribution in [0.3, 0.4) is 0 Å². The van der Waals surface area contributed by atoms with Crippen LogP contribution in [-0.4, -0.2) is 30.7 Å². The van der Waals surface area contributed by atoms with Crippen molar-refractivity contribution < 1.29 is 13.3 Å². The SMILES string of the molecule is CN(C1CCC1)S(=O)(=O)Cc1cccc([N+](=O)[O-])c1. The predicted octanol–water partition coefficient (Wildman–Crippen LogP) is 1.91. The van der Waals surface area contributed by atoms with Crippen LogP contribution in [0.2, 0.25) is 0 Å². The maximum atomic E-state index is 12.2. The largest absolute Gasteiger partial charge is 0.269 e. The number of rotatable bonds is 5. The third-order valence-corrected chi connectivity index (χ3v) is 5.37. The van der Waals surface area contributed by atoms with Gasteiger partial charge in [0, 0.05) is 25.2 Å². The maximum absolute atomic E-state index is 12.2. The minimum Gasteiger partial charge on any atom is -0.258 e. The molecular formula is C12H16N2O4S. The number of nitrogens with zero attached hydrogens (tertiary/aromatic N) is 2. The summed E-state index contributed by atoms with van der Waals surface area (Å²) in [4.78, 5) is 10.1. The molecule has 0 unspecified atom stereocenters. The van der Waals surface area contributed by atoms with Gasteiger partial charge in [-0.15, -0.1) is 0 Å². The minimum atomic E-state index is -3.41. The molecule has 1 fully saturated rings. The Balaban J connectivity index is 2.15. The van der Waals surface area contributed by atoms with Crippen LogP contribution < -0.4 is 0 Å². The van der Waals surface area contributed by atoms with Crippen LogP contribution in [-0.2, 0) is 15.8 Å². The third-order valence-electron chi connectivity index (χ3n) is 3.50. The predicted molar refractivity (Wildman–Crippen MR) is 71.1 cm³/mol. The highest BCUT2D eigenvalue weighted by atomic mass is 32.2. The van der Waals surface area contributed by atoms with Crippen LogP contribution in [0.4, 0.5) is 5.69 Å². The van der Waals surface area contributed by atoms with Crippen LogP contribution in [0.15, 0.2) is 24.3 Å². The van der Waals surface area contributed by atoms with Gasteiger partial charge in [-0.3, -0.25) is 10.1 Å². The highest BCUT2D eigenvalue weighted by Gasteiger charge is 2.30. The van der Waals surface area contributed by atoms with Gasteiger partial charge in [-0.2, -0.15) is 0 Å². The molecule has 0 saturated heterocycles. The van der Waals surface area contributed by atoms with Crippen LogP contribution >= 0.6 is 0 Å². The molecule has 0 atom stereocenters. The van der Waals surface area contributed by atoms with Crippen molar-refractivity contribution in [3.8, 4) is 0 Å². The van der Waals surface area contributed by atoms with Crippen molar-refractivity contribution in [3.63, 3.8) is 0 Å². The molecular weight excluding hydrogens is 268 g/mol. The normalized spacial score (nSPS) is 16.3. The molecule has 1 aromatic carbocycles. The summed E-state index contributed by atoms with van der Waals surface area (Å²) in [5.41, 5.74) is 0.361. The first kappa shape index (κ1) is 14.0. The lowest BCUT2D eigenvalue weighted by molar-refractivity contribution is -0.384. The van der Waals surface area contributed by atoms with Gasteiger partial charge in [-0.1, -0.05) is 18.6 Å². The van der Waals surface area contributed by atoms with Crippen molar-refractivity contribution in [2.45, 2.75) is 31.1 Å². The molecule has 0 spiro atoms. The monoisotopic (exact) mass is 284 g/mol. The number of sulfonamides is 1. The molecule has 0 N–H and O–H groups in total. The highest BCUT2D eigenvalue weighted by Crippen LogP contribution is 2.27. The van der Waals surface area contributed by atoms with Gasteiger partial charge in [0.1, 0.15) is 0 Å². The van der Waals surface area contributed by atoms with Gasteiger partial charge in [-0.05, 0) is 18.4 Å². The molecule has 1 saturated carbocycles. The number of hydrogen-bond acceptors (Lipinski definition) is 4. The van der Waals surface area contributed by atoms with Gasteiger partial charge in [0.05, 0.1) is 10.7 Å². The van der Waals surface area contributed by atoms with Gasteiger partial charge >= 0.3 is 0 Å². The van der Waals surface area contributed by atoms with E-state index in [2.05, 4.69) is 0 Å². The van der Waals surface area contributed by atoms with E-state index in [4.69, 9.17) is 0 Å². The molecule has 0 heterocycles. The summed E-state index contributed by atoms with van der Waals surface area (Å²) in [6, 6.07) is 5.85. The van der Waals surface area contributed by atoms with Crippen molar-refractivity contribution in [1.82, 2.24) is 4.31 Å². The molecule has 0 aliphatic heterocycles. The average molecular weight is 284 g/mol. The summed E-state index contributed by atoms with van der Waals surface area (Å²) in [7, 11) is -1.83. The first-order chi connectivity index (χ1) is 8.90. The Kier molecular flexibility index (Phi) is 3.86. The molecule has 1 aromatic rings. The van der Waals surface area contributed by atoms with Gasteiger partial charge < -0.3 is 0 Å². The second kappa shape index (κ2) is 5.26.